The van der Waals surface area contributed by atoms with E-state index in [1.807, 2.05) is 25.1 Å². The highest BCUT2D eigenvalue weighted by Gasteiger charge is 2.13. The summed E-state index contributed by atoms with van der Waals surface area (Å²) in [6, 6.07) is 8.78. The molecule has 0 aliphatic rings. The summed E-state index contributed by atoms with van der Waals surface area (Å²) in [6.45, 7) is 2.36. The number of benzene rings is 1. The number of halogens is 1. The summed E-state index contributed by atoms with van der Waals surface area (Å²) in [5, 5.41) is 7.92. The maximum atomic E-state index is 11.1. The number of sulfonamides is 1. The highest BCUT2D eigenvalue weighted by Crippen LogP contribution is 2.21. The first-order valence-electron chi connectivity index (χ1n) is 5.48. The lowest BCUT2D eigenvalue weighted by Crippen LogP contribution is -2.10. The molecule has 0 atom stereocenters. The van der Waals surface area contributed by atoms with E-state index in [4.69, 9.17) is 9.56 Å². The molecule has 1 aromatic carbocycles. The predicted molar refractivity (Wildman–Crippen MR) is 76.3 cm³/mol. The van der Waals surface area contributed by atoms with Crippen LogP contribution in [0.3, 0.4) is 0 Å². The Kier molecular flexibility index (Phi) is 3.98. The van der Waals surface area contributed by atoms with Gasteiger partial charge in [-0.05, 0) is 42.8 Å². The van der Waals surface area contributed by atoms with Gasteiger partial charge in [0.05, 0.1) is 6.54 Å². The summed E-state index contributed by atoms with van der Waals surface area (Å²) < 4.78 is 28.3. The van der Waals surface area contributed by atoms with Crippen LogP contribution in [0, 0.1) is 6.92 Å². The first-order valence-corrected chi connectivity index (χ1v) is 7.82. The molecule has 0 aliphatic heterocycles. The Balaban J connectivity index is 2.09. The Labute approximate surface area is 120 Å². The molecule has 0 unspecified atom stereocenters. The monoisotopic (exact) mass is 344 g/mol. The van der Waals surface area contributed by atoms with Gasteiger partial charge in [0.1, 0.15) is 5.76 Å². The van der Waals surface area contributed by atoms with Crippen molar-refractivity contribution in [1.82, 2.24) is 0 Å². The fourth-order valence-corrected chi connectivity index (χ4v) is 2.57. The molecule has 3 N–H and O–H groups in total. The highest BCUT2D eigenvalue weighted by atomic mass is 79.9. The maximum Gasteiger partial charge on any atom is 0.271 e. The maximum absolute atomic E-state index is 11.1. The Morgan fingerprint density at radius 2 is 2.05 bits per heavy atom. The molecule has 0 aliphatic carbocycles. The van der Waals surface area contributed by atoms with E-state index in [-0.39, 0.29) is 5.09 Å². The molecule has 7 heteroatoms. The van der Waals surface area contributed by atoms with Crippen LogP contribution >= 0.6 is 15.9 Å². The molecule has 2 aromatic rings. The lowest BCUT2D eigenvalue weighted by Gasteiger charge is -2.08. The number of hydrogen-bond acceptors (Lipinski definition) is 4. The molecule has 102 valence electrons. The zero-order valence-electron chi connectivity index (χ0n) is 10.2. The van der Waals surface area contributed by atoms with E-state index in [0.717, 1.165) is 15.7 Å². The van der Waals surface area contributed by atoms with Crippen LogP contribution in [0.2, 0.25) is 0 Å². The molecule has 5 nitrogen and oxygen atoms in total. The smallest absolute Gasteiger partial charge is 0.271 e. The zero-order chi connectivity index (χ0) is 14.0. The van der Waals surface area contributed by atoms with Crippen molar-refractivity contribution in [2.24, 2.45) is 5.14 Å². The molecule has 1 aromatic heterocycles. The van der Waals surface area contributed by atoms with Crippen LogP contribution in [0.4, 0.5) is 5.69 Å². The van der Waals surface area contributed by atoms with Crippen LogP contribution in [0.1, 0.15) is 11.3 Å². The number of primary sulfonamides is 1. The van der Waals surface area contributed by atoms with E-state index in [1.165, 1.54) is 6.07 Å². The molecule has 0 bridgehead atoms. The molecule has 0 saturated heterocycles. The minimum absolute atomic E-state index is 0.225. The highest BCUT2D eigenvalue weighted by molar-refractivity contribution is 9.10. The van der Waals surface area contributed by atoms with Crippen LogP contribution in [0.15, 0.2) is 44.3 Å². The van der Waals surface area contributed by atoms with Gasteiger partial charge in [-0.1, -0.05) is 15.9 Å². The molecule has 0 radical (unpaired) electrons. The summed E-state index contributed by atoms with van der Waals surface area (Å²) in [5.41, 5.74) is 2.03. The number of aryl methyl sites for hydroxylation is 1. The molecule has 1 heterocycles. The molecule has 0 saturated carbocycles. The van der Waals surface area contributed by atoms with Crippen LogP contribution < -0.4 is 10.5 Å². The van der Waals surface area contributed by atoms with E-state index >= 15 is 0 Å². The summed E-state index contributed by atoms with van der Waals surface area (Å²) in [4.78, 5) is 0. The second kappa shape index (κ2) is 5.36. The van der Waals surface area contributed by atoms with Gasteiger partial charge in [-0.15, -0.1) is 0 Å². The molecular weight excluding hydrogens is 332 g/mol. The van der Waals surface area contributed by atoms with E-state index < -0.39 is 10.0 Å². The topological polar surface area (TPSA) is 85.3 Å². The first-order chi connectivity index (χ1) is 8.86. The minimum atomic E-state index is -3.78. The fourth-order valence-electron chi connectivity index (χ4n) is 1.61. The van der Waals surface area contributed by atoms with Gasteiger partial charge in [0.25, 0.3) is 10.0 Å². The van der Waals surface area contributed by atoms with Crippen molar-refractivity contribution >= 4 is 31.6 Å². The van der Waals surface area contributed by atoms with Crippen molar-refractivity contribution < 1.29 is 12.8 Å². The normalized spacial score (nSPS) is 11.5. The van der Waals surface area contributed by atoms with Gasteiger partial charge in [0.15, 0.2) is 0 Å². The third-order valence-corrected chi connectivity index (χ3v) is 3.83. The number of nitrogens with one attached hydrogen (secondary N) is 1. The summed E-state index contributed by atoms with van der Waals surface area (Å²) >= 11 is 3.39. The number of furan rings is 1. The van der Waals surface area contributed by atoms with Gasteiger partial charge in [-0.3, -0.25) is 0 Å². The first kappa shape index (κ1) is 14.1. The summed E-state index contributed by atoms with van der Waals surface area (Å²) in [6.07, 6.45) is 0. The average Bonchev–Trinajstić information content (AvgIpc) is 2.76. The lowest BCUT2D eigenvalue weighted by molar-refractivity contribution is 0.419. The van der Waals surface area contributed by atoms with Crippen LogP contribution in [-0.4, -0.2) is 8.42 Å². The Bertz CT molecular complexity index is 695. The van der Waals surface area contributed by atoms with E-state index in [2.05, 4.69) is 21.2 Å². The van der Waals surface area contributed by atoms with Crippen molar-refractivity contribution in [1.29, 1.82) is 0 Å². The molecule has 0 amide bonds. The van der Waals surface area contributed by atoms with E-state index in [0.29, 0.717) is 12.3 Å². The second-order valence-corrected chi connectivity index (χ2v) is 6.49. The third kappa shape index (κ3) is 3.59. The van der Waals surface area contributed by atoms with Gasteiger partial charge in [-0.2, -0.15) is 0 Å². The lowest BCUT2D eigenvalue weighted by atomic mass is 10.2. The zero-order valence-corrected chi connectivity index (χ0v) is 12.6. The van der Waals surface area contributed by atoms with Crippen molar-refractivity contribution in [2.75, 3.05) is 5.32 Å². The Morgan fingerprint density at radius 3 is 2.63 bits per heavy atom. The second-order valence-electron chi connectivity index (χ2n) is 4.08. The molecule has 0 fully saturated rings. The van der Waals surface area contributed by atoms with Crippen LogP contribution in [-0.2, 0) is 16.6 Å². The van der Waals surface area contributed by atoms with Crippen molar-refractivity contribution in [3.63, 3.8) is 0 Å². The van der Waals surface area contributed by atoms with Crippen molar-refractivity contribution in [2.45, 2.75) is 18.6 Å². The van der Waals surface area contributed by atoms with Gasteiger partial charge in [0.2, 0.25) is 5.09 Å². The summed E-state index contributed by atoms with van der Waals surface area (Å²) in [5.74, 6) is 0.506. The van der Waals surface area contributed by atoms with Crippen molar-refractivity contribution in [3.05, 3.63) is 46.1 Å². The Hall–Kier alpha value is -1.31. The standard InChI is InChI=1S/C12H13BrN2O3S/c1-8-6-9(13)2-4-11(8)15-7-10-3-5-12(18-10)19(14,16)17/h2-6,15H,7H2,1H3,(H2,14,16,17). The van der Waals surface area contributed by atoms with Gasteiger partial charge in [-0.25, -0.2) is 13.6 Å². The van der Waals surface area contributed by atoms with Crippen molar-refractivity contribution in [3.8, 4) is 0 Å². The summed E-state index contributed by atoms with van der Waals surface area (Å²) in [7, 11) is -3.78. The van der Waals surface area contributed by atoms with Crippen LogP contribution in [0.5, 0.6) is 0 Å². The SMILES string of the molecule is Cc1cc(Br)ccc1NCc1ccc(S(N)(=O)=O)o1. The average molecular weight is 345 g/mol. The van der Waals surface area contributed by atoms with Gasteiger partial charge in [0, 0.05) is 10.2 Å². The van der Waals surface area contributed by atoms with E-state index in [9.17, 15) is 8.42 Å². The van der Waals surface area contributed by atoms with Crippen LogP contribution in [0.25, 0.3) is 0 Å². The quantitative estimate of drug-likeness (QED) is 0.892. The molecule has 0 spiro atoms. The predicted octanol–water partition coefficient (Wildman–Crippen LogP) is 2.61. The minimum Gasteiger partial charge on any atom is -0.446 e. The number of hydrogen-bond donors (Lipinski definition) is 2. The molecule has 19 heavy (non-hydrogen) atoms. The van der Waals surface area contributed by atoms with Gasteiger partial charge < -0.3 is 9.73 Å². The number of anilines is 1. The fraction of sp³-hybridized carbons (Fsp3) is 0.167. The molecular formula is C12H13BrN2O3S. The number of nitrogens with two attached hydrogens (primary N) is 1. The molecule has 2 rings (SSSR count). The number of rotatable bonds is 4. The Morgan fingerprint density at radius 1 is 1.32 bits per heavy atom. The third-order valence-electron chi connectivity index (χ3n) is 2.56. The van der Waals surface area contributed by atoms with E-state index in [1.54, 1.807) is 6.07 Å². The largest absolute Gasteiger partial charge is 0.446 e. The van der Waals surface area contributed by atoms with Gasteiger partial charge >= 0.3 is 0 Å².